The molecular weight excluding hydrogens is 479 g/mol. The van der Waals surface area contributed by atoms with Gasteiger partial charge < -0.3 is 20.3 Å². The maximum atomic E-state index is 12.3. The van der Waals surface area contributed by atoms with Crippen molar-refractivity contribution in [2.45, 2.75) is 32.6 Å². The smallest absolute Gasteiger partial charge is 0.223 e. The zero-order valence-electron chi connectivity index (χ0n) is 17.4. The number of carbonyl (C=O) groups is 1. The third-order valence-corrected chi connectivity index (χ3v) is 5.25. The first-order valence-corrected chi connectivity index (χ1v) is 10.7. The molecule has 1 aromatic rings. The number of carbonyl (C=O) groups excluding carboxylic acids is 1. The number of likely N-dealkylation sites (tertiary alicyclic amines) is 1. The van der Waals surface area contributed by atoms with Gasteiger partial charge in [-0.1, -0.05) is 30.3 Å². The summed E-state index contributed by atoms with van der Waals surface area (Å²) in [5, 5.41) is 6.60. The molecule has 0 spiro atoms. The fraction of sp³-hybridized carbons (Fsp3) is 0.636. The lowest BCUT2D eigenvalue weighted by atomic mass is 10.1. The molecule has 1 aliphatic carbocycles. The van der Waals surface area contributed by atoms with E-state index >= 15 is 0 Å². The molecule has 3 rings (SSSR count). The summed E-state index contributed by atoms with van der Waals surface area (Å²) >= 11 is 0. The Bertz CT molecular complexity index is 637. The molecule has 1 unspecified atom stereocenters. The Kier molecular flexibility index (Phi) is 10.8. The summed E-state index contributed by atoms with van der Waals surface area (Å²) in [6, 6.07) is 10.3. The van der Waals surface area contributed by atoms with Crippen LogP contribution in [-0.2, 0) is 16.0 Å². The van der Waals surface area contributed by atoms with Crippen LogP contribution < -0.4 is 10.6 Å². The number of rotatable bonds is 11. The van der Waals surface area contributed by atoms with Crippen molar-refractivity contribution in [3.8, 4) is 0 Å². The highest BCUT2D eigenvalue weighted by Gasteiger charge is 2.29. The molecule has 1 atom stereocenters. The van der Waals surface area contributed by atoms with Gasteiger partial charge in [-0.25, -0.2) is 0 Å². The number of guanidine groups is 1. The standard InChI is InChI=1S/C22H34N4O2.HI/c1-2-23-22(24-11-13-28-17-19-8-9-19)25-15-20-14-21(27)26(16-20)12-10-18-6-4-3-5-7-18;/h3-7,19-20H,2,8-17H2,1H3,(H2,23,24,25);1H. The van der Waals surface area contributed by atoms with E-state index in [-0.39, 0.29) is 29.9 Å². The van der Waals surface area contributed by atoms with Crippen LogP contribution in [0, 0.1) is 11.8 Å². The molecule has 0 bridgehead atoms. The van der Waals surface area contributed by atoms with Gasteiger partial charge in [-0.15, -0.1) is 24.0 Å². The molecule has 6 nitrogen and oxygen atoms in total. The fourth-order valence-electron chi connectivity index (χ4n) is 3.44. The van der Waals surface area contributed by atoms with Crippen LogP contribution in [0.3, 0.4) is 0 Å². The molecule has 1 aliphatic heterocycles. The summed E-state index contributed by atoms with van der Waals surface area (Å²) < 4.78 is 5.66. The van der Waals surface area contributed by atoms with Crippen LogP contribution in [0.2, 0.25) is 0 Å². The summed E-state index contributed by atoms with van der Waals surface area (Å²) in [5.41, 5.74) is 1.28. The van der Waals surface area contributed by atoms with Crippen molar-refractivity contribution in [2.75, 3.05) is 45.9 Å². The van der Waals surface area contributed by atoms with Gasteiger partial charge in [0.05, 0.1) is 6.61 Å². The van der Waals surface area contributed by atoms with Gasteiger partial charge in [0.1, 0.15) is 0 Å². The molecule has 29 heavy (non-hydrogen) atoms. The molecule has 162 valence electrons. The molecule has 7 heteroatoms. The van der Waals surface area contributed by atoms with Crippen molar-refractivity contribution in [1.82, 2.24) is 15.5 Å². The zero-order valence-corrected chi connectivity index (χ0v) is 19.8. The molecular formula is C22H35IN4O2. The number of aliphatic imine (C=N–C) groups is 1. The number of amides is 1. The van der Waals surface area contributed by atoms with Gasteiger partial charge in [0.2, 0.25) is 5.91 Å². The first-order chi connectivity index (χ1) is 13.7. The molecule has 1 aromatic carbocycles. The number of hydrogen-bond donors (Lipinski definition) is 2. The van der Waals surface area contributed by atoms with Gasteiger partial charge in [-0.3, -0.25) is 9.79 Å². The first-order valence-electron chi connectivity index (χ1n) is 10.7. The lowest BCUT2D eigenvalue weighted by molar-refractivity contribution is -0.127. The number of halogens is 1. The van der Waals surface area contributed by atoms with Gasteiger partial charge in [-0.2, -0.15) is 0 Å². The molecule has 1 heterocycles. The van der Waals surface area contributed by atoms with Gasteiger partial charge in [0, 0.05) is 51.7 Å². The van der Waals surface area contributed by atoms with E-state index in [1.54, 1.807) is 0 Å². The molecule has 2 aliphatic rings. The first kappa shape index (κ1) is 23.9. The second-order valence-corrected chi connectivity index (χ2v) is 7.81. The average Bonchev–Trinajstić information content (AvgIpc) is 3.46. The minimum atomic E-state index is 0. The lowest BCUT2D eigenvalue weighted by Crippen LogP contribution is -2.39. The number of nitrogens with one attached hydrogen (secondary N) is 2. The number of ether oxygens (including phenoxy) is 1. The van der Waals surface area contributed by atoms with Crippen LogP contribution in [0.4, 0.5) is 0 Å². The van der Waals surface area contributed by atoms with E-state index in [0.29, 0.717) is 25.5 Å². The molecule has 1 saturated heterocycles. The molecule has 0 radical (unpaired) electrons. The van der Waals surface area contributed by atoms with Crippen LogP contribution in [0.1, 0.15) is 31.7 Å². The van der Waals surface area contributed by atoms with Crippen molar-refractivity contribution in [2.24, 2.45) is 16.8 Å². The maximum absolute atomic E-state index is 12.3. The molecule has 0 aromatic heterocycles. The van der Waals surface area contributed by atoms with Crippen molar-refractivity contribution in [3.63, 3.8) is 0 Å². The van der Waals surface area contributed by atoms with E-state index in [1.807, 2.05) is 23.1 Å². The average molecular weight is 514 g/mol. The van der Waals surface area contributed by atoms with E-state index in [4.69, 9.17) is 4.74 Å². The quantitative estimate of drug-likeness (QED) is 0.206. The monoisotopic (exact) mass is 514 g/mol. The molecule has 2 fully saturated rings. The van der Waals surface area contributed by atoms with Crippen molar-refractivity contribution < 1.29 is 9.53 Å². The Hall–Kier alpha value is -1.35. The topological polar surface area (TPSA) is 66.0 Å². The van der Waals surface area contributed by atoms with Gasteiger partial charge >= 0.3 is 0 Å². The number of benzene rings is 1. The van der Waals surface area contributed by atoms with Crippen molar-refractivity contribution >= 4 is 35.8 Å². The van der Waals surface area contributed by atoms with Gasteiger partial charge in [0.15, 0.2) is 5.96 Å². The summed E-state index contributed by atoms with van der Waals surface area (Å²) in [6.07, 6.45) is 4.15. The van der Waals surface area contributed by atoms with E-state index in [9.17, 15) is 4.79 Å². The second kappa shape index (κ2) is 13.1. The Balaban J connectivity index is 0.00000300. The van der Waals surface area contributed by atoms with Crippen LogP contribution in [0.15, 0.2) is 35.3 Å². The predicted octanol–water partition coefficient (Wildman–Crippen LogP) is 2.68. The summed E-state index contributed by atoms with van der Waals surface area (Å²) in [5.74, 6) is 2.16. The number of nitrogens with zero attached hydrogens (tertiary/aromatic N) is 2. The third kappa shape index (κ3) is 8.90. The largest absolute Gasteiger partial charge is 0.379 e. The number of hydrogen-bond acceptors (Lipinski definition) is 3. The zero-order chi connectivity index (χ0) is 19.6. The Morgan fingerprint density at radius 3 is 2.72 bits per heavy atom. The van der Waals surface area contributed by atoms with Crippen molar-refractivity contribution in [3.05, 3.63) is 35.9 Å². The molecule has 1 saturated carbocycles. The molecule has 1 amide bonds. The minimum Gasteiger partial charge on any atom is -0.379 e. The van der Waals surface area contributed by atoms with E-state index < -0.39 is 0 Å². The second-order valence-electron chi connectivity index (χ2n) is 7.81. The van der Waals surface area contributed by atoms with E-state index in [1.165, 1.54) is 18.4 Å². The SMILES string of the molecule is CCNC(=NCC1CC(=O)N(CCc2ccccc2)C1)NCCOCC1CC1.I. The van der Waals surface area contributed by atoms with Gasteiger partial charge in [0.25, 0.3) is 0 Å². The normalized spacial score (nSPS) is 19.2. The van der Waals surface area contributed by atoms with Gasteiger partial charge in [-0.05, 0) is 37.7 Å². The van der Waals surface area contributed by atoms with Crippen LogP contribution in [0.5, 0.6) is 0 Å². The predicted molar refractivity (Wildman–Crippen MR) is 128 cm³/mol. The summed E-state index contributed by atoms with van der Waals surface area (Å²) in [4.78, 5) is 19.0. The van der Waals surface area contributed by atoms with Crippen molar-refractivity contribution in [1.29, 1.82) is 0 Å². The highest BCUT2D eigenvalue weighted by atomic mass is 127. The maximum Gasteiger partial charge on any atom is 0.223 e. The van der Waals surface area contributed by atoms with E-state index in [0.717, 1.165) is 51.1 Å². The Labute approximate surface area is 191 Å². The Morgan fingerprint density at radius 1 is 1.21 bits per heavy atom. The van der Waals surface area contributed by atoms with E-state index in [2.05, 4.69) is 34.7 Å². The summed E-state index contributed by atoms with van der Waals surface area (Å²) in [6.45, 7) is 7.50. The molecule has 2 N–H and O–H groups in total. The Morgan fingerprint density at radius 2 is 2.00 bits per heavy atom. The third-order valence-electron chi connectivity index (χ3n) is 5.25. The minimum absolute atomic E-state index is 0. The lowest BCUT2D eigenvalue weighted by Gasteiger charge is -2.16. The fourth-order valence-corrected chi connectivity index (χ4v) is 3.44. The summed E-state index contributed by atoms with van der Waals surface area (Å²) in [7, 11) is 0. The highest BCUT2D eigenvalue weighted by Crippen LogP contribution is 2.28. The van der Waals surface area contributed by atoms with Crippen LogP contribution in [0.25, 0.3) is 0 Å². The van der Waals surface area contributed by atoms with Crippen LogP contribution >= 0.6 is 24.0 Å². The van der Waals surface area contributed by atoms with Crippen LogP contribution in [-0.4, -0.2) is 62.7 Å². The highest BCUT2D eigenvalue weighted by molar-refractivity contribution is 14.0.